The van der Waals surface area contributed by atoms with Gasteiger partial charge >= 0.3 is 0 Å². The van der Waals surface area contributed by atoms with E-state index in [2.05, 4.69) is 35.4 Å². The summed E-state index contributed by atoms with van der Waals surface area (Å²) >= 11 is 0. The Bertz CT molecular complexity index is 623. The average molecular weight is 302 g/mol. The van der Waals surface area contributed by atoms with E-state index in [4.69, 9.17) is 0 Å². The summed E-state index contributed by atoms with van der Waals surface area (Å²) in [6, 6.07) is 7.50. The zero-order valence-corrected chi connectivity index (χ0v) is 13.2. The molecular formula is C17H23FN4. The quantitative estimate of drug-likeness (QED) is 0.943. The summed E-state index contributed by atoms with van der Waals surface area (Å²) < 4.78 is 15.5. The van der Waals surface area contributed by atoms with Gasteiger partial charge in [0.25, 0.3) is 0 Å². The summed E-state index contributed by atoms with van der Waals surface area (Å²) in [5.74, 6) is -0.171. The highest BCUT2D eigenvalue weighted by Gasteiger charge is 2.24. The van der Waals surface area contributed by atoms with Gasteiger partial charge < -0.3 is 5.32 Å². The molecule has 0 radical (unpaired) electrons. The van der Waals surface area contributed by atoms with Gasteiger partial charge in [-0.05, 0) is 31.5 Å². The number of hydrogen-bond donors (Lipinski definition) is 1. The van der Waals surface area contributed by atoms with Crippen molar-refractivity contribution < 1.29 is 4.39 Å². The van der Waals surface area contributed by atoms with Gasteiger partial charge in [0.15, 0.2) is 0 Å². The summed E-state index contributed by atoms with van der Waals surface area (Å²) in [5.41, 5.74) is 2.24. The van der Waals surface area contributed by atoms with Crippen molar-refractivity contribution in [2.24, 2.45) is 0 Å². The van der Waals surface area contributed by atoms with E-state index in [0.717, 1.165) is 31.7 Å². The topological polar surface area (TPSA) is 33.1 Å². The van der Waals surface area contributed by atoms with E-state index in [0.29, 0.717) is 6.04 Å². The lowest BCUT2D eigenvalue weighted by molar-refractivity contribution is 0.153. The molecule has 4 nitrogen and oxygen atoms in total. The Labute approximate surface area is 130 Å². The van der Waals surface area contributed by atoms with E-state index in [9.17, 15) is 4.39 Å². The van der Waals surface area contributed by atoms with E-state index in [1.807, 2.05) is 16.9 Å². The maximum absolute atomic E-state index is 13.5. The van der Waals surface area contributed by atoms with Gasteiger partial charge in [-0.15, -0.1) is 0 Å². The third kappa shape index (κ3) is 3.36. The Hall–Kier alpha value is -1.72. The first-order valence-electron chi connectivity index (χ1n) is 7.87. The maximum atomic E-state index is 13.5. The largest absolute Gasteiger partial charge is 0.314 e. The number of benzene rings is 1. The van der Waals surface area contributed by atoms with Crippen LogP contribution in [0.25, 0.3) is 0 Å². The highest BCUT2D eigenvalue weighted by atomic mass is 19.1. The molecule has 1 aromatic carbocycles. The lowest BCUT2D eigenvalue weighted by atomic mass is 10.0. The minimum absolute atomic E-state index is 0.171. The molecule has 1 aliphatic rings. The van der Waals surface area contributed by atoms with E-state index < -0.39 is 0 Å². The zero-order valence-electron chi connectivity index (χ0n) is 13.2. The van der Waals surface area contributed by atoms with Crippen LogP contribution in [-0.2, 0) is 6.54 Å². The van der Waals surface area contributed by atoms with E-state index in [1.165, 1.54) is 11.6 Å². The van der Waals surface area contributed by atoms with Crippen molar-refractivity contribution in [1.29, 1.82) is 0 Å². The third-order valence-corrected chi connectivity index (χ3v) is 4.16. The predicted octanol–water partition coefficient (Wildman–Crippen LogP) is 2.75. The number of halogens is 1. The van der Waals surface area contributed by atoms with Gasteiger partial charge in [-0.1, -0.05) is 12.1 Å². The maximum Gasteiger partial charge on any atom is 0.123 e. The lowest BCUT2D eigenvalue weighted by Gasteiger charge is -2.36. The van der Waals surface area contributed by atoms with Crippen LogP contribution in [0.4, 0.5) is 4.39 Å². The molecule has 1 aliphatic heterocycles. The number of piperazine rings is 1. The number of hydrogen-bond acceptors (Lipinski definition) is 3. The lowest BCUT2D eigenvalue weighted by Crippen LogP contribution is -2.45. The van der Waals surface area contributed by atoms with Gasteiger partial charge in [-0.25, -0.2) is 4.39 Å². The molecule has 0 saturated carbocycles. The smallest absolute Gasteiger partial charge is 0.123 e. The van der Waals surface area contributed by atoms with Gasteiger partial charge in [0.1, 0.15) is 5.82 Å². The molecule has 0 bridgehead atoms. The Morgan fingerprint density at radius 2 is 2.27 bits per heavy atom. The fraction of sp³-hybridized carbons (Fsp3) is 0.471. The van der Waals surface area contributed by atoms with Crippen molar-refractivity contribution in [1.82, 2.24) is 20.0 Å². The van der Waals surface area contributed by atoms with Crippen LogP contribution < -0.4 is 5.32 Å². The summed E-state index contributed by atoms with van der Waals surface area (Å²) in [6.07, 6.45) is 4.04. The fourth-order valence-electron chi connectivity index (χ4n) is 2.95. The second-order valence-corrected chi connectivity index (χ2v) is 6.17. The molecule has 1 saturated heterocycles. The van der Waals surface area contributed by atoms with E-state index in [-0.39, 0.29) is 11.9 Å². The standard InChI is InChI=1S/C17H23FN4/c1-13(2)22-12-14(9-20-22)11-21-7-6-19-10-17(21)15-4-3-5-16(18)8-15/h3-5,8-9,12-13,17,19H,6-7,10-11H2,1-2H3. The van der Waals surface area contributed by atoms with Crippen molar-refractivity contribution in [3.8, 4) is 0 Å². The second-order valence-electron chi connectivity index (χ2n) is 6.17. The second kappa shape index (κ2) is 6.58. The van der Waals surface area contributed by atoms with E-state index >= 15 is 0 Å². The van der Waals surface area contributed by atoms with Crippen molar-refractivity contribution in [2.45, 2.75) is 32.5 Å². The van der Waals surface area contributed by atoms with Crippen LogP contribution in [0.15, 0.2) is 36.7 Å². The fourth-order valence-corrected chi connectivity index (χ4v) is 2.95. The summed E-state index contributed by atoms with van der Waals surface area (Å²) in [4.78, 5) is 2.40. The Balaban J connectivity index is 1.77. The average Bonchev–Trinajstić information content (AvgIpc) is 2.97. The molecule has 3 rings (SSSR count). The minimum Gasteiger partial charge on any atom is -0.314 e. The first kappa shape index (κ1) is 15.2. The highest BCUT2D eigenvalue weighted by molar-refractivity contribution is 5.21. The van der Waals surface area contributed by atoms with Crippen molar-refractivity contribution in [3.05, 3.63) is 53.6 Å². The summed E-state index contributed by atoms with van der Waals surface area (Å²) in [7, 11) is 0. The monoisotopic (exact) mass is 302 g/mol. The SMILES string of the molecule is CC(C)n1cc(CN2CCNCC2c2cccc(F)c2)cn1. The normalized spacial score (nSPS) is 19.7. The Kier molecular flexibility index (Phi) is 4.55. The molecule has 0 aliphatic carbocycles. The van der Waals surface area contributed by atoms with Gasteiger partial charge in [0.2, 0.25) is 0 Å². The molecule has 118 valence electrons. The Morgan fingerprint density at radius 3 is 3.00 bits per heavy atom. The predicted molar refractivity (Wildman–Crippen MR) is 85.0 cm³/mol. The third-order valence-electron chi connectivity index (χ3n) is 4.16. The summed E-state index contributed by atoms with van der Waals surface area (Å²) in [5, 5.41) is 7.81. The van der Waals surface area contributed by atoms with Gasteiger partial charge in [-0.3, -0.25) is 9.58 Å². The van der Waals surface area contributed by atoms with Crippen LogP contribution >= 0.6 is 0 Å². The van der Waals surface area contributed by atoms with Gasteiger partial charge in [-0.2, -0.15) is 5.10 Å². The molecule has 22 heavy (non-hydrogen) atoms. The number of nitrogens with zero attached hydrogens (tertiary/aromatic N) is 3. The molecular weight excluding hydrogens is 279 g/mol. The molecule has 1 fully saturated rings. The van der Waals surface area contributed by atoms with Crippen LogP contribution in [-0.4, -0.2) is 34.3 Å². The molecule has 0 amide bonds. The van der Waals surface area contributed by atoms with Gasteiger partial charge in [0, 0.05) is 50.0 Å². The van der Waals surface area contributed by atoms with Crippen LogP contribution in [0, 0.1) is 5.82 Å². The number of rotatable bonds is 4. The molecule has 1 aromatic heterocycles. The van der Waals surface area contributed by atoms with Crippen LogP contribution in [0.2, 0.25) is 0 Å². The summed E-state index contributed by atoms with van der Waals surface area (Å²) in [6.45, 7) is 7.85. The molecule has 0 spiro atoms. The van der Waals surface area contributed by atoms with Crippen LogP contribution in [0.3, 0.4) is 0 Å². The van der Waals surface area contributed by atoms with Crippen molar-refractivity contribution in [2.75, 3.05) is 19.6 Å². The van der Waals surface area contributed by atoms with E-state index in [1.54, 1.807) is 12.1 Å². The highest BCUT2D eigenvalue weighted by Crippen LogP contribution is 2.24. The van der Waals surface area contributed by atoms with Crippen LogP contribution in [0.1, 0.15) is 37.1 Å². The minimum atomic E-state index is -0.171. The Morgan fingerprint density at radius 1 is 1.41 bits per heavy atom. The number of aromatic nitrogens is 2. The molecule has 2 heterocycles. The molecule has 1 atom stereocenters. The first-order chi connectivity index (χ1) is 10.6. The number of nitrogens with one attached hydrogen (secondary N) is 1. The molecule has 1 unspecified atom stereocenters. The van der Waals surface area contributed by atoms with Crippen LogP contribution in [0.5, 0.6) is 0 Å². The van der Waals surface area contributed by atoms with Crippen molar-refractivity contribution >= 4 is 0 Å². The molecule has 1 N–H and O–H groups in total. The van der Waals surface area contributed by atoms with Crippen molar-refractivity contribution in [3.63, 3.8) is 0 Å². The zero-order chi connectivity index (χ0) is 15.5. The molecule has 5 heteroatoms. The molecule has 2 aromatic rings. The van der Waals surface area contributed by atoms with Gasteiger partial charge in [0.05, 0.1) is 6.20 Å². The first-order valence-corrected chi connectivity index (χ1v) is 7.87.